The maximum Gasteiger partial charge on any atom is 0.297 e. The SMILES string of the molecule is O=C(C#CBr)NCc1ccon1. The molecule has 1 aromatic rings. The second-order valence-electron chi connectivity index (χ2n) is 1.89. The van der Waals surface area contributed by atoms with Gasteiger partial charge >= 0.3 is 0 Å². The van der Waals surface area contributed by atoms with E-state index in [1.54, 1.807) is 6.07 Å². The van der Waals surface area contributed by atoms with E-state index < -0.39 is 0 Å². The smallest absolute Gasteiger partial charge is 0.297 e. The zero-order valence-electron chi connectivity index (χ0n) is 6.00. The van der Waals surface area contributed by atoms with Crippen molar-refractivity contribution in [3.63, 3.8) is 0 Å². The molecule has 0 unspecified atom stereocenters. The molecule has 0 saturated carbocycles. The molecule has 0 bridgehead atoms. The largest absolute Gasteiger partial charge is 0.364 e. The van der Waals surface area contributed by atoms with Crippen LogP contribution >= 0.6 is 15.9 Å². The Morgan fingerprint density at radius 2 is 2.67 bits per heavy atom. The van der Waals surface area contributed by atoms with Crippen LogP contribution in [-0.4, -0.2) is 11.1 Å². The first kappa shape index (κ1) is 8.81. The van der Waals surface area contributed by atoms with Gasteiger partial charge in [-0.05, 0) is 4.83 Å². The minimum atomic E-state index is -0.352. The summed E-state index contributed by atoms with van der Waals surface area (Å²) >= 11 is 2.81. The van der Waals surface area contributed by atoms with Gasteiger partial charge in [-0.2, -0.15) is 0 Å². The second kappa shape index (κ2) is 4.57. The van der Waals surface area contributed by atoms with E-state index in [0.717, 1.165) is 0 Å². The van der Waals surface area contributed by atoms with Crippen LogP contribution in [0, 0.1) is 10.8 Å². The molecule has 0 aliphatic carbocycles. The van der Waals surface area contributed by atoms with Gasteiger partial charge in [-0.15, -0.1) is 0 Å². The first-order valence-corrected chi connectivity index (χ1v) is 3.91. The van der Waals surface area contributed by atoms with Crippen LogP contribution < -0.4 is 5.32 Å². The highest BCUT2D eigenvalue weighted by atomic mass is 79.9. The second-order valence-corrected chi connectivity index (χ2v) is 2.29. The fourth-order valence-electron chi connectivity index (χ4n) is 0.587. The molecular formula is C7H5BrN2O2. The molecule has 0 fully saturated rings. The predicted molar refractivity (Wildman–Crippen MR) is 45.1 cm³/mol. The first-order chi connectivity index (χ1) is 5.83. The Bertz CT molecular complexity index is 310. The van der Waals surface area contributed by atoms with Crippen molar-refractivity contribution in [2.24, 2.45) is 0 Å². The van der Waals surface area contributed by atoms with Gasteiger partial charge in [0, 0.05) is 27.9 Å². The summed E-state index contributed by atoms with van der Waals surface area (Å²) in [6, 6.07) is 1.67. The van der Waals surface area contributed by atoms with Gasteiger partial charge in [0.25, 0.3) is 5.91 Å². The van der Waals surface area contributed by atoms with Gasteiger partial charge in [0.05, 0.1) is 6.54 Å². The standard InChI is InChI=1S/C7H5BrN2O2/c8-3-1-7(11)9-5-6-2-4-12-10-6/h2,4H,5H2,(H,9,11). The molecule has 1 amide bonds. The maximum absolute atomic E-state index is 10.8. The molecule has 1 N–H and O–H groups in total. The zero-order valence-corrected chi connectivity index (χ0v) is 7.59. The van der Waals surface area contributed by atoms with E-state index in [2.05, 4.69) is 41.7 Å². The number of amides is 1. The van der Waals surface area contributed by atoms with Crippen LogP contribution in [0.3, 0.4) is 0 Å². The summed E-state index contributed by atoms with van der Waals surface area (Å²) < 4.78 is 4.56. The van der Waals surface area contributed by atoms with Crippen molar-refractivity contribution in [3.8, 4) is 10.8 Å². The molecule has 0 aromatic carbocycles. The number of carbonyl (C=O) groups is 1. The quantitative estimate of drug-likeness (QED) is 0.757. The van der Waals surface area contributed by atoms with Crippen LogP contribution in [0.5, 0.6) is 0 Å². The summed E-state index contributed by atoms with van der Waals surface area (Å²) in [5, 5.41) is 6.12. The molecule has 1 aromatic heterocycles. The molecular weight excluding hydrogens is 224 g/mol. The number of hydrogen-bond donors (Lipinski definition) is 1. The molecule has 0 aliphatic rings. The molecule has 4 nitrogen and oxygen atoms in total. The molecule has 5 heteroatoms. The summed E-state index contributed by atoms with van der Waals surface area (Å²) in [7, 11) is 0. The lowest BCUT2D eigenvalue weighted by Crippen LogP contribution is -2.20. The van der Waals surface area contributed by atoms with Crippen LogP contribution in [0.1, 0.15) is 5.69 Å². The molecule has 0 atom stereocenters. The Morgan fingerprint density at radius 1 is 1.83 bits per heavy atom. The van der Waals surface area contributed by atoms with Crippen LogP contribution in [0.15, 0.2) is 16.9 Å². The van der Waals surface area contributed by atoms with Crippen molar-refractivity contribution < 1.29 is 9.32 Å². The van der Waals surface area contributed by atoms with Crippen molar-refractivity contribution in [2.45, 2.75) is 6.54 Å². The lowest BCUT2D eigenvalue weighted by Gasteiger charge is -1.93. The number of aromatic nitrogens is 1. The molecule has 12 heavy (non-hydrogen) atoms. The minimum Gasteiger partial charge on any atom is -0.364 e. The average molecular weight is 229 g/mol. The van der Waals surface area contributed by atoms with Gasteiger partial charge in [-0.1, -0.05) is 5.16 Å². The number of carbonyl (C=O) groups excluding carboxylic acids is 1. The fraction of sp³-hybridized carbons (Fsp3) is 0.143. The zero-order chi connectivity index (χ0) is 8.81. The van der Waals surface area contributed by atoms with Crippen molar-refractivity contribution in [1.29, 1.82) is 0 Å². The molecule has 0 radical (unpaired) electrons. The van der Waals surface area contributed by atoms with Gasteiger partial charge in [-0.3, -0.25) is 4.79 Å². The average Bonchev–Trinajstić information content (AvgIpc) is 2.53. The summed E-state index contributed by atoms with van der Waals surface area (Å²) in [4.78, 5) is 13.1. The lowest BCUT2D eigenvalue weighted by atomic mass is 10.4. The fourth-order valence-corrected chi connectivity index (χ4v) is 0.767. The van der Waals surface area contributed by atoms with Gasteiger partial charge < -0.3 is 9.84 Å². The molecule has 62 valence electrons. The maximum atomic E-state index is 10.8. The van der Waals surface area contributed by atoms with Crippen molar-refractivity contribution in [1.82, 2.24) is 10.5 Å². The monoisotopic (exact) mass is 228 g/mol. The van der Waals surface area contributed by atoms with E-state index in [1.807, 2.05) is 0 Å². The number of rotatable bonds is 2. The van der Waals surface area contributed by atoms with E-state index in [1.165, 1.54) is 6.26 Å². The predicted octanol–water partition coefficient (Wildman–Crippen LogP) is 0.647. The van der Waals surface area contributed by atoms with E-state index in [4.69, 9.17) is 0 Å². The third kappa shape index (κ3) is 2.76. The van der Waals surface area contributed by atoms with Gasteiger partial charge in [-0.25, -0.2) is 0 Å². The normalized spacial score (nSPS) is 8.42. The van der Waals surface area contributed by atoms with Crippen molar-refractivity contribution >= 4 is 21.8 Å². The van der Waals surface area contributed by atoms with Crippen LogP contribution in [-0.2, 0) is 11.3 Å². The lowest BCUT2D eigenvalue weighted by molar-refractivity contribution is -0.115. The van der Waals surface area contributed by atoms with Gasteiger partial charge in [0.1, 0.15) is 12.0 Å². The number of hydrogen-bond acceptors (Lipinski definition) is 3. The topological polar surface area (TPSA) is 55.1 Å². The van der Waals surface area contributed by atoms with Crippen molar-refractivity contribution in [3.05, 3.63) is 18.0 Å². The number of nitrogens with one attached hydrogen (secondary N) is 1. The molecule has 1 rings (SSSR count). The van der Waals surface area contributed by atoms with Gasteiger partial charge in [0.2, 0.25) is 0 Å². The first-order valence-electron chi connectivity index (χ1n) is 3.11. The Labute approximate surface area is 77.4 Å². The van der Waals surface area contributed by atoms with E-state index >= 15 is 0 Å². The molecule has 0 saturated heterocycles. The third-order valence-electron chi connectivity index (χ3n) is 1.08. The van der Waals surface area contributed by atoms with Crippen molar-refractivity contribution in [2.75, 3.05) is 0 Å². The summed E-state index contributed by atoms with van der Waals surface area (Å²) in [5.74, 6) is 1.91. The van der Waals surface area contributed by atoms with E-state index in [9.17, 15) is 4.79 Å². The number of nitrogens with zero attached hydrogens (tertiary/aromatic N) is 1. The molecule has 0 spiro atoms. The molecule has 0 aliphatic heterocycles. The van der Waals surface area contributed by atoms with Gasteiger partial charge in [0.15, 0.2) is 0 Å². The summed E-state index contributed by atoms with van der Waals surface area (Å²) in [5.41, 5.74) is 0.666. The molecule has 1 heterocycles. The Morgan fingerprint density at radius 3 is 3.25 bits per heavy atom. The van der Waals surface area contributed by atoms with Crippen LogP contribution in [0.2, 0.25) is 0 Å². The Hall–Kier alpha value is -1.28. The highest BCUT2D eigenvalue weighted by molar-refractivity contribution is 9.12. The minimum absolute atomic E-state index is 0.330. The Balaban J connectivity index is 2.35. The van der Waals surface area contributed by atoms with E-state index in [-0.39, 0.29) is 5.91 Å². The summed E-state index contributed by atoms with van der Waals surface area (Å²) in [6.45, 7) is 0.330. The highest BCUT2D eigenvalue weighted by Crippen LogP contribution is 1.91. The van der Waals surface area contributed by atoms with E-state index in [0.29, 0.717) is 12.2 Å². The highest BCUT2D eigenvalue weighted by Gasteiger charge is 1.97. The van der Waals surface area contributed by atoms with Crippen LogP contribution in [0.25, 0.3) is 0 Å². The third-order valence-corrected chi connectivity index (χ3v) is 1.28. The summed E-state index contributed by atoms with van der Waals surface area (Å²) in [6.07, 6.45) is 1.44. The number of halogens is 1. The van der Waals surface area contributed by atoms with Crippen LogP contribution in [0.4, 0.5) is 0 Å². The Kier molecular flexibility index (Phi) is 3.35.